The third-order valence-corrected chi connectivity index (χ3v) is 4.04. The molecule has 2 aromatic rings. The summed E-state index contributed by atoms with van der Waals surface area (Å²) < 4.78 is 5.27. The van der Waals surface area contributed by atoms with Crippen LogP contribution in [0.25, 0.3) is 0 Å². The standard InChI is InChI=1S/C18H21ClN2O3/c1-21(10-11-22)18(23)20-17(15-8-3-4-9-16(15)19)13-6-5-7-14(12-13)24-2/h3-9,12,17,22H,10-11H2,1-2H3,(H,20,23). The second-order valence-corrected chi connectivity index (χ2v) is 5.73. The summed E-state index contributed by atoms with van der Waals surface area (Å²) in [5, 5.41) is 12.5. The van der Waals surface area contributed by atoms with Crippen molar-refractivity contribution in [1.29, 1.82) is 0 Å². The van der Waals surface area contributed by atoms with Crippen LogP contribution in [0.4, 0.5) is 4.79 Å². The van der Waals surface area contributed by atoms with Gasteiger partial charge in [-0.05, 0) is 29.3 Å². The van der Waals surface area contributed by atoms with E-state index in [4.69, 9.17) is 21.4 Å². The largest absolute Gasteiger partial charge is 0.497 e. The first-order valence-corrected chi connectivity index (χ1v) is 7.95. The van der Waals surface area contributed by atoms with Crippen molar-refractivity contribution in [2.45, 2.75) is 6.04 Å². The zero-order valence-electron chi connectivity index (χ0n) is 13.7. The van der Waals surface area contributed by atoms with Gasteiger partial charge in [-0.2, -0.15) is 0 Å². The second kappa shape index (κ2) is 8.57. The molecular formula is C18H21ClN2O3. The van der Waals surface area contributed by atoms with E-state index in [2.05, 4.69) is 5.32 Å². The SMILES string of the molecule is COc1cccc(C(NC(=O)N(C)CCO)c2ccccc2Cl)c1. The summed E-state index contributed by atoms with van der Waals surface area (Å²) in [5.74, 6) is 0.697. The first-order valence-electron chi connectivity index (χ1n) is 7.57. The number of aliphatic hydroxyl groups excluding tert-OH is 1. The zero-order valence-corrected chi connectivity index (χ0v) is 14.5. The maximum Gasteiger partial charge on any atom is 0.317 e. The Morgan fingerprint density at radius 3 is 2.71 bits per heavy atom. The van der Waals surface area contributed by atoms with E-state index in [9.17, 15) is 4.79 Å². The molecule has 128 valence electrons. The summed E-state index contributed by atoms with van der Waals surface area (Å²) in [5.41, 5.74) is 1.64. The lowest BCUT2D eigenvalue weighted by atomic mass is 9.98. The lowest BCUT2D eigenvalue weighted by molar-refractivity contribution is 0.188. The third-order valence-electron chi connectivity index (χ3n) is 3.69. The summed E-state index contributed by atoms with van der Waals surface area (Å²) >= 11 is 6.33. The van der Waals surface area contributed by atoms with Crippen LogP contribution in [0.15, 0.2) is 48.5 Å². The Bertz CT molecular complexity index is 693. The fourth-order valence-electron chi connectivity index (χ4n) is 2.36. The minimum Gasteiger partial charge on any atom is -0.497 e. The Balaban J connectivity index is 2.38. The smallest absolute Gasteiger partial charge is 0.317 e. The van der Waals surface area contributed by atoms with Crippen LogP contribution in [0.3, 0.4) is 0 Å². The van der Waals surface area contributed by atoms with E-state index in [0.717, 1.165) is 11.1 Å². The molecule has 0 aliphatic heterocycles. The quantitative estimate of drug-likeness (QED) is 0.843. The van der Waals surface area contributed by atoms with Gasteiger partial charge in [0.2, 0.25) is 0 Å². The zero-order chi connectivity index (χ0) is 17.5. The Hall–Kier alpha value is -2.24. The highest BCUT2D eigenvalue weighted by Gasteiger charge is 2.21. The van der Waals surface area contributed by atoms with Crippen molar-refractivity contribution in [3.63, 3.8) is 0 Å². The molecule has 0 saturated heterocycles. The fraction of sp³-hybridized carbons (Fsp3) is 0.278. The molecule has 2 amide bonds. The van der Waals surface area contributed by atoms with E-state index in [1.165, 1.54) is 4.90 Å². The Labute approximate surface area is 146 Å². The van der Waals surface area contributed by atoms with Crippen molar-refractivity contribution >= 4 is 17.6 Å². The monoisotopic (exact) mass is 348 g/mol. The summed E-state index contributed by atoms with van der Waals surface area (Å²) in [6, 6.07) is 14.1. The van der Waals surface area contributed by atoms with Gasteiger partial charge >= 0.3 is 6.03 Å². The number of amides is 2. The maximum atomic E-state index is 12.4. The minimum absolute atomic E-state index is 0.0974. The second-order valence-electron chi connectivity index (χ2n) is 5.33. The molecule has 1 unspecified atom stereocenters. The van der Waals surface area contributed by atoms with Gasteiger partial charge in [0.15, 0.2) is 0 Å². The molecule has 0 spiro atoms. The molecule has 0 fully saturated rings. The minimum atomic E-state index is -0.428. The first kappa shape index (κ1) is 18.1. The van der Waals surface area contributed by atoms with E-state index < -0.39 is 6.04 Å². The van der Waals surface area contributed by atoms with Crippen LogP contribution in [0, 0.1) is 0 Å². The van der Waals surface area contributed by atoms with E-state index in [1.807, 2.05) is 42.5 Å². The number of carbonyl (C=O) groups excluding carboxylic acids is 1. The van der Waals surface area contributed by atoms with Crippen LogP contribution in [-0.4, -0.2) is 43.3 Å². The summed E-state index contributed by atoms with van der Waals surface area (Å²) in [4.78, 5) is 13.8. The highest BCUT2D eigenvalue weighted by Crippen LogP contribution is 2.30. The van der Waals surface area contributed by atoms with E-state index in [0.29, 0.717) is 10.8 Å². The lowest BCUT2D eigenvalue weighted by Gasteiger charge is -2.25. The molecule has 0 bridgehead atoms. The number of hydrogen-bond acceptors (Lipinski definition) is 3. The third kappa shape index (κ3) is 4.40. The summed E-state index contributed by atoms with van der Waals surface area (Å²) in [6.45, 7) is 0.152. The highest BCUT2D eigenvalue weighted by atomic mass is 35.5. The molecule has 1 atom stereocenters. The van der Waals surface area contributed by atoms with Gasteiger partial charge in [-0.15, -0.1) is 0 Å². The average Bonchev–Trinajstić information content (AvgIpc) is 2.60. The van der Waals surface area contributed by atoms with Crippen molar-refractivity contribution in [2.75, 3.05) is 27.3 Å². The molecule has 6 heteroatoms. The fourth-order valence-corrected chi connectivity index (χ4v) is 2.60. The van der Waals surface area contributed by atoms with Crippen molar-refractivity contribution < 1.29 is 14.6 Å². The van der Waals surface area contributed by atoms with Gasteiger partial charge in [-0.1, -0.05) is 41.9 Å². The predicted octanol–water partition coefficient (Wildman–Crippen LogP) is 3.07. The lowest BCUT2D eigenvalue weighted by Crippen LogP contribution is -2.41. The number of nitrogens with zero attached hydrogens (tertiary/aromatic N) is 1. The van der Waals surface area contributed by atoms with Gasteiger partial charge in [0.1, 0.15) is 5.75 Å². The number of carbonyl (C=O) groups is 1. The van der Waals surface area contributed by atoms with Gasteiger partial charge in [-0.25, -0.2) is 4.79 Å². The summed E-state index contributed by atoms with van der Waals surface area (Å²) in [6.07, 6.45) is 0. The number of nitrogens with one attached hydrogen (secondary N) is 1. The molecule has 2 rings (SSSR count). The van der Waals surface area contributed by atoms with Crippen LogP contribution < -0.4 is 10.1 Å². The Morgan fingerprint density at radius 1 is 1.29 bits per heavy atom. The van der Waals surface area contributed by atoms with Crippen LogP contribution in [-0.2, 0) is 0 Å². The number of hydrogen-bond donors (Lipinski definition) is 2. The molecular weight excluding hydrogens is 328 g/mol. The Kier molecular flexibility index (Phi) is 6.46. The van der Waals surface area contributed by atoms with Crippen molar-refractivity contribution in [3.8, 4) is 5.75 Å². The van der Waals surface area contributed by atoms with Crippen LogP contribution in [0.1, 0.15) is 17.2 Å². The van der Waals surface area contributed by atoms with E-state index in [1.54, 1.807) is 20.2 Å². The number of rotatable bonds is 6. The molecule has 0 aliphatic carbocycles. The van der Waals surface area contributed by atoms with Crippen molar-refractivity contribution in [2.24, 2.45) is 0 Å². The molecule has 2 aromatic carbocycles. The van der Waals surface area contributed by atoms with Crippen molar-refractivity contribution in [3.05, 3.63) is 64.7 Å². The van der Waals surface area contributed by atoms with E-state index in [-0.39, 0.29) is 19.2 Å². The van der Waals surface area contributed by atoms with E-state index >= 15 is 0 Å². The van der Waals surface area contributed by atoms with Gasteiger partial charge in [-0.3, -0.25) is 0 Å². The van der Waals surface area contributed by atoms with Crippen LogP contribution in [0.2, 0.25) is 5.02 Å². The number of benzene rings is 2. The normalized spacial score (nSPS) is 11.7. The van der Waals surface area contributed by atoms with Crippen LogP contribution >= 0.6 is 11.6 Å². The molecule has 0 aliphatic rings. The van der Waals surface area contributed by atoms with Crippen LogP contribution in [0.5, 0.6) is 5.75 Å². The average molecular weight is 349 g/mol. The molecule has 24 heavy (non-hydrogen) atoms. The molecule has 0 aromatic heterocycles. The van der Waals surface area contributed by atoms with Gasteiger partial charge in [0.05, 0.1) is 19.8 Å². The summed E-state index contributed by atoms with van der Waals surface area (Å²) in [7, 11) is 3.22. The molecule has 5 nitrogen and oxygen atoms in total. The topological polar surface area (TPSA) is 61.8 Å². The van der Waals surface area contributed by atoms with Gasteiger partial charge < -0.3 is 20.1 Å². The number of halogens is 1. The molecule has 2 N–H and O–H groups in total. The number of ether oxygens (including phenoxy) is 1. The van der Waals surface area contributed by atoms with Crippen molar-refractivity contribution in [1.82, 2.24) is 10.2 Å². The number of methoxy groups -OCH3 is 1. The van der Waals surface area contributed by atoms with Gasteiger partial charge in [0, 0.05) is 18.6 Å². The Morgan fingerprint density at radius 2 is 2.04 bits per heavy atom. The molecule has 0 radical (unpaired) electrons. The number of urea groups is 1. The molecule has 0 heterocycles. The number of aliphatic hydroxyl groups is 1. The molecule has 0 saturated carbocycles. The first-order chi connectivity index (χ1) is 11.6. The maximum absolute atomic E-state index is 12.4. The van der Waals surface area contributed by atoms with Gasteiger partial charge in [0.25, 0.3) is 0 Å². The number of likely N-dealkylation sites (N-methyl/N-ethyl adjacent to an activating group) is 1. The highest BCUT2D eigenvalue weighted by molar-refractivity contribution is 6.31. The predicted molar refractivity (Wildman–Crippen MR) is 94.5 cm³/mol.